The molecule has 0 aliphatic carbocycles. The number of ether oxygens (including phenoxy) is 2. The second-order valence-corrected chi connectivity index (χ2v) is 12.3. The molecule has 0 saturated carbocycles. The van der Waals surface area contributed by atoms with Crippen LogP contribution in [0.3, 0.4) is 0 Å². The van der Waals surface area contributed by atoms with Crippen LogP contribution in [-0.2, 0) is 36.6 Å². The number of hydrogen-bond acceptors (Lipinski definition) is 6. The number of rotatable bonds is 26. The number of aryl methyl sites for hydroxylation is 1. The maximum Gasteiger partial charge on any atom is 0.472 e. The molecule has 0 aliphatic rings. The predicted molar refractivity (Wildman–Crippen MR) is 152 cm³/mol. The van der Waals surface area contributed by atoms with E-state index >= 15 is 0 Å². The molecule has 0 radical (unpaired) electrons. The van der Waals surface area contributed by atoms with Crippen LogP contribution in [0.5, 0.6) is 0 Å². The zero-order chi connectivity index (χ0) is 27.2. The van der Waals surface area contributed by atoms with Crippen LogP contribution >= 0.6 is 19.2 Å². The lowest BCUT2D eigenvalue weighted by Gasteiger charge is -2.19. The molecule has 1 rings (SSSR count). The number of phosphoric acid groups is 1. The van der Waals surface area contributed by atoms with Gasteiger partial charge < -0.3 is 14.4 Å². The van der Waals surface area contributed by atoms with Gasteiger partial charge in [-0.25, -0.2) is 4.57 Å². The summed E-state index contributed by atoms with van der Waals surface area (Å²) in [6.45, 7) is 7.78. The fourth-order valence-electron chi connectivity index (χ4n) is 4.21. The summed E-state index contributed by atoms with van der Waals surface area (Å²) in [7, 11) is -2.15. The summed E-state index contributed by atoms with van der Waals surface area (Å²) in [5, 5.41) is 0. The third-order valence-electron chi connectivity index (χ3n) is 6.64. The fourth-order valence-corrected chi connectivity index (χ4v) is 5.92. The molecular formula is C28H55NO6PS+. The Morgan fingerprint density at radius 2 is 1.43 bits per heavy atom. The third-order valence-corrected chi connectivity index (χ3v) is 8.83. The van der Waals surface area contributed by atoms with E-state index in [-0.39, 0.29) is 19.3 Å². The van der Waals surface area contributed by atoms with E-state index in [1.54, 1.807) is 11.3 Å². The Hall–Kier alpha value is -0.340. The zero-order valence-corrected chi connectivity index (χ0v) is 25.8. The molecule has 37 heavy (non-hydrogen) atoms. The molecular weight excluding hydrogens is 509 g/mol. The van der Waals surface area contributed by atoms with Gasteiger partial charge in [0, 0.05) is 26.6 Å². The van der Waals surface area contributed by atoms with Crippen molar-refractivity contribution >= 4 is 19.2 Å². The highest BCUT2D eigenvalue weighted by atomic mass is 32.1. The second-order valence-electron chi connectivity index (χ2n) is 9.94. The summed E-state index contributed by atoms with van der Waals surface area (Å²) >= 11 is 1.61. The lowest BCUT2D eigenvalue weighted by Crippen LogP contribution is -2.28. The van der Waals surface area contributed by atoms with E-state index in [2.05, 4.69) is 6.92 Å². The summed E-state index contributed by atoms with van der Waals surface area (Å²) < 4.78 is 36.0. The minimum atomic E-state index is -4.13. The normalized spacial score (nSPS) is 14.2. The molecule has 2 atom stereocenters. The highest BCUT2D eigenvalue weighted by molar-refractivity contribution is 7.47. The molecule has 1 aromatic heterocycles. The maximum absolute atomic E-state index is 12.2. The van der Waals surface area contributed by atoms with Crippen molar-refractivity contribution in [1.29, 1.82) is 0 Å². The SMILES string of the molecule is CCCCCCCCCCCCCCCCOC[C@H](COP(=O)(O)OCCc1sc[n+](C)c1C)OCC. The largest absolute Gasteiger partial charge is 0.472 e. The summed E-state index contributed by atoms with van der Waals surface area (Å²) in [4.78, 5) is 11.1. The molecule has 1 heterocycles. The van der Waals surface area contributed by atoms with Gasteiger partial charge in [-0.15, -0.1) is 0 Å². The minimum Gasteiger partial charge on any atom is -0.379 e. The molecule has 0 aliphatic heterocycles. The van der Waals surface area contributed by atoms with E-state index in [1.165, 1.54) is 83.5 Å². The minimum absolute atomic E-state index is 0.0344. The topological polar surface area (TPSA) is 78.1 Å². The number of aromatic nitrogens is 1. The molecule has 0 aromatic carbocycles. The van der Waals surface area contributed by atoms with Gasteiger partial charge in [0.2, 0.25) is 5.51 Å². The Balaban J connectivity index is 2.01. The first kappa shape index (κ1) is 34.7. The van der Waals surface area contributed by atoms with Crippen molar-refractivity contribution < 1.29 is 32.5 Å². The zero-order valence-electron chi connectivity index (χ0n) is 24.1. The van der Waals surface area contributed by atoms with Crippen molar-refractivity contribution in [2.75, 3.05) is 33.0 Å². The smallest absolute Gasteiger partial charge is 0.379 e. The van der Waals surface area contributed by atoms with E-state index in [0.29, 0.717) is 26.2 Å². The van der Waals surface area contributed by atoms with Gasteiger partial charge >= 0.3 is 7.82 Å². The molecule has 7 nitrogen and oxygen atoms in total. The van der Waals surface area contributed by atoms with Crippen molar-refractivity contribution in [3.8, 4) is 0 Å². The Labute approximate surface area is 230 Å². The van der Waals surface area contributed by atoms with E-state index in [0.717, 1.165) is 17.0 Å². The lowest BCUT2D eigenvalue weighted by molar-refractivity contribution is -0.672. The first-order chi connectivity index (χ1) is 17.9. The molecule has 218 valence electrons. The number of unbranched alkanes of at least 4 members (excludes halogenated alkanes) is 13. The summed E-state index contributed by atoms with van der Waals surface area (Å²) in [5.41, 5.74) is 3.14. The summed E-state index contributed by atoms with van der Waals surface area (Å²) in [5.74, 6) is 0. The van der Waals surface area contributed by atoms with Crippen LogP contribution in [0.2, 0.25) is 0 Å². The Morgan fingerprint density at radius 1 is 0.865 bits per heavy atom. The molecule has 1 N–H and O–H groups in total. The highest BCUT2D eigenvalue weighted by Gasteiger charge is 2.24. The van der Waals surface area contributed by atoms with Gasteiger partial charge in [0.15, 0.2) is 5.69 Å². The van der Waals surface area contributed by atoms with Crippen LogP contribution in [0.4, 0.5) is 0 Å². The van der Waals surface area contributed by atoms with Crippen molar-refractivity contribution in [1.82, 2.24) is 0 Å². The van der Waals surface area contributed by atoms with E-state index in [1.807, 2.05) is 31.0 Å². The highest BCUT2D eigenvalue weighted by Crippen LogP contribution is 2.43. The van der Waals surface area contributed by atoms with Gasteiger partial charge in [0.25, 0.3) is 0 Å². The maximum atomic E-state index is 12.2. The lowest BCUT2D eigenvalue weighted by atomic mass is 10.0. The standard InChI is InChI=1S/C28H54NO6PS/c1-5-7-8-9-10-11-12-13-14-15-16-17-18-19-21-32-23-27(33-6-2)24-35-36(30,31)34-22-20-28-26(3)29(4)25-37-28/h25,27H,5-24H2,1-4H3/p+1/t27-/m1/s1. The van der Waals surface area contributed by atoms with E-state index in [4.69, 9.17) is 18.5 Å². The predicted octanol–water partition coefficient (Wildman–Crippen LogP) is 7.46. The molecule has 0 bridgehead atoms. The van der Waals surface area contributed by atoms with Crippen molar-refractivity contribution in [3.05, 3.63) is 16.1 Å². The average molecular weight is 565 g/mol. The Bertz CT molecular complexity index is 717. The second kappa shape index (κ2) is 22.5. The van der Waals surface area contributed by atoms with E-state index < -0.39 is 7.82 Å². The number of phosphoric ester groups is 1. The van der Waals surface area contributed by atoms with Crippen LogP contribution < -0.4 is 4.57 Å². The van der Waals surface area contributed by atoms with Gasteiger partial charge in [0.1, 0.15) is 13.2 Å². The Morgan fingerprint density at radius 3 is 1.95 bits per heavy atom. The quantitative estimate of drug-likeness (QED) is 0.0715. The van der Waals surface area contributed by atoms with Gasteiger partial charge in [-0.05, 0) is 13.3 Å². The molecule has 0 amide bonds. The number of nitrogens with zero attached hydrogens (tertiary/aromatic N) is 1. The van der Waals surface area contributed by atoms with Gasteiger partial charge in [-0.2, -0.15) is 4.57 Å². The monoisotopic (exact) mass is 564 g/mol. The average Bonchev–Trinajstić information content (AvgIpc) is 3.19. The summed E-state index contributed by atoms with van der Waals surface area (Å²) in [6, 6.07) is 0. The first-order valence-corrected chi connectivity index (χ1v) is 17.0. The van der Waals surface area contributed by atoms with E-state index in [9.17, 15) is 9.46 Å². The molecule has 9 heteroatoms. The van der Waals surface area contributed by atoms with Crippen LogP contribution in [0.1, 0.15) is 114 Å². The van der Waals surface area contributed by atoms with Crippen LogP contribution in [0.25, 0.3) is 0 Å². The van der Waals surface area contributed by atoms with Crippen LogP contribution in [-0.4, -0.2) is 44.0 Å². The van der Waals surface area contributed by atoms with Crippen LogP contribution in [0, 0.1) is 6.92 Å². The Kier molecular flexibility index (Phi) is 21.1. The third kappa shape index (κ3) is 18.6. The van der Waals surface area contributed by atoms with Gasteiger partial charge in [-0.3, -0.25) is 9.05 Å². The summed E-state index contributed by atoms with van der Waals surface area (Å²) in [6.07, 6.45) is 18.8. The van der Waals surface area contributed by atoms with Gasteiger partial charge in [-0.1, -0.05) is 102 Å². The fraction of sp³-hybridized carbons (Fsp3) is 0.893. The van der Waals surface area contributed by atoms with Gasteiger partial charge in [0.05, 0.1) is 24.7 Å². The van der Waals surface area contributed by atoms with Crippen LogP contribution in [0.15, 0.2) is 5.51 Å². The molecule has 1 aromatic rings. The first-order valence-electron chi connectivity index (χ1n) is 14.6. The van der Waals surface area contributed by atoms with Crippen molar-refractivity contribution in [3.63, 3.8) is 0 Å². The molecule has 1 unspecified atom stereocenters. The molecule has 0 spiro atoms. The van der Waals surface area contributed by atoms with Crippen molar-refractivity contribution in [2.45, 2.75) is 123 Å². The number of thiazole rings is 1. The number of hydrogen-bond donors (Lipinski definition) is 1. The van der Waals surface area contributed by atoms with Crippen molar-refractivity contribution in [2.24, 2.45) is 7.05 Å². The molecule has 0 saturated heterocycles. The molecule has 0 fully saturated rings.